The molecular weight excluding hydrogens is 477 g/mol. The Kier molecular flexibility index (Phi) is 10.9. The molecule has 4 unspecified atom stereocenters. The van der Waals surface area contributed by atoms with Crippen LogP contribution in [0.3, 0.4) is 0 Å². The number of quaternary nitrogens is 1. The van der Waals surface area contributed by atoms with Crippen LogP contribution < -0.4 is 10.6 Å². The Bertz CT molecular complexity index is 1070. The van der Waals surface area contributed by atoms with E-state index in [9.17, 15) is 4.39 Å². The smallest absolute Gasteiger partial charge is 0.202 e. The zero-order valence-electron chi connectivity index (χ0n) is 23.1. The number of halogens is 1. The molecule has 1 saturated carbocycles. The fourth-order valence-electron chi connectivity index (χ4n) is 6.27. The van der Waals surface area contributed by atoms with Gasteiger partial charge in [0, 0.05) is 6.42 Å². The number of oxazole rings is 1. The first kappa shape index (κ1) is 28.5. The number of rotatable bonds is 9. The molecular formula is C32H45FN3O2+. The monoisotopic (exact) mass is 522 g/mol. The van der Waals surface area contributed by atoms with Gasteiger partial charge in [0.25, 0.3) is 0 Å². The number of ether oxygens (including phenoxy) is 1. The fourth-order valence-corrected chi connectivity index (χ4v) is 6.27. The summed E-state index contributed by atoms with van der Waals surface area (Å²) in [7, 11) is 1.50. The lowest BCUT2D eigenvalue weighted by molar-refractivity contribution is -0.924. The SMILES string of the molecule is CCC1CC[NH+](Cc2cnc(C(c3ccccc3)C3CCCCC3)o2)CC1OCc1ccc(F)cc1.CN. The van der Waals surface area contributed by atoms with Crippen molar-refractivity contribution in [1.82, 2.24) is 4.98 Å². The maximum Gasteiger partial charge on any atom is 0.202 e. The fraction of sp³-hybridized carbons (Fsp3) is 0.531. The van der Waals surface area contributed by atoms with E-state index in [0.717, 1.165) is 49.7 Å². The van der Waals surface area contributed by atoms with Crippen LogP contribution in [-0.4, -0.2) is 31.2 Å². The third-order valence-electron chi connectivity index (χ3n) is 8.33. The molecule has 3 aromatic rings. The number of benzene rings is 2. The Morgan fingerprint density at radius 1 is 1.03 bits per heavy atom. The lowest BCUT2D eigenvalue weighted by Gasteiger charge is -2.35. The summed E-state index contributed by atoms with van der Waals surface area (Å²) < 4.78 is 26.1. The van der Waals surface area contributed by atoms with Crippen molar-refractivity contribution in [3.8, 4) is 0 Å². The molecule has 2 aliphatic rings. The summed E-state index contributed by atoms with van der Waals surface area (Å²) in [5.74, 6) is 3.06. The minimum atomic E-state index is -0.206. The highest BCUT2D eigenvalue weighted by molar-refractivity contribution is 5.26. The van der Waals surface area contributed by atoms with Gasteiger partial charge in [-0.25, -0.2) is 9.37 Å². The van der Waals surface area contributed by atoms with Gasteiger partial charge < -0.3 is 19.8 Å². The molecule has 2 fully saturated rings. The van der Waals surface area contributed by atoms with E-state index in [-0.39, 0.29) is 17.8 Å². The van der Waals surface area contributed by atoms with E-state index in [0.29, 0.717) is 18.4 Å². The van der Waals surface area contributed by atoms with E-state index in [1.807, 2.05) is 18.3 Å². The number of likely N-dealkylation sites (tertiary alicyclic amines) is 1. The summed E-state index contributed by atoms with van der Waals surface area (Å²) in [4.78, 5) is 6.31. The average Bonchev–Trinajstić information content (AvgIpc) is 3.43. The quantitative estimate of drug-likeness (QED) is 0.389. The van der Waals surface area contributed by atoms with Crippen LogP contribution in [0.1, 0.15) is 80.6 Å². The molecule has 2 heterocycles. The number of piperidine rings is 1. The molecule has 1 aromatic heterocycles. The summed E-state index contributed by atoms with van der Waals surface area (Å²) in [6.45, 7) is 5.70. The van der Waals surface area contributed by atoms with Crippen molar-refractivity contribution in [2.75, 3.05) is 20.1 Å². The van der Waals surface area contributed by atoms with Crippen molar-refractivity contribution in [1.29, 1.82) is 0 Å². The van der Waals surface area contributed by atoms with E-state index in [4.69, 9.17) is 14.1 Å². The minimum Gasteiger partial charge on any atom is -0.439 e. The zero-order valence-corrected chi connectivity index (χ0v) is 23.1. The second kappa shape index (κ2) is 14.6. The van der Waals surface area contributed by atoms with Crippen LogP contribution in [0.4, 0.5) is 4.39 Å². The predicted molar refractivity (Wildman–Crippen MR) is 149 cm³/mol. The van der Waals surface area contributed by atoms with Gasteiger partial charge in [0.15, 0.2) is 5.76 Å². The Balaban J connectivity index is 0.00000164. The largest absolute Gasteiger partial charge is 0.439 e. The molecule has 5 rings (SSSR count). The van der Waals surface area contributed by atoms with Crippen molar-refractivity contribution in [2.45, 2.75) is 77.0 Å². The first-order chi connectivity index (χ1) is 18.7. The average molecular weight is 523 g/mol. The number of hydrogen-bond acceptors (Lipinski definition) is 4. The van der Waals surface area contributed by atoms with Gasteiger partial charge in [0.2, 0.25) is 5.89 Å². The third kappa shape index (κ3) is 7.52. The minimum absolute atomic E-state index is 0.200. The van der Waals surface area contributed by atoms with Crippen molar-refractivity contribution >= 4 is 0 Å². The molecule has 0 radical (unpaired) electrons. The molecule has 0 amide bonds. The van der Waals surface area contributed by atoms with Crippen LogP contribution in [0, 0.1) is 17.7 Å². The van der Waals surface area contributed by atoms with Gasteiger partial charge in [-0.05, 0) is 55.0 Å². The van der Waals surface area contributed by atoms with Gasteiger partial charge in [-0.2, -0.15) is 0 Å². The molecule has 5 nitrogen and oxygen atoms in total. The van der Waals surface area contributed by atoms with E-state index < -0.39 is 0 Å². The lowest BCUT2D eigenvalue weighted by Crippen LogP contribution is -3.13. The number of aromatic nitrogens is 1. The van der Waals surface area contributed by atoms with Crippen LogP contribution in [0.15, 0.2) is 65.2 Å². The second-order valence-corrected chi connectivity index (χ2v) is 10.8. The predicted octanol–water partition coefficient (Wildman–Crippen LogP) is 5.50. The molecule has 2 aromatic carbocycles. The summed E-state index contributed by atoms with van der Waals surface area (Å²) in [5.41, 5.74) is 6.84. The second-order valence-electron chi connectivity index (χ2n) is 10.8. The molecule has 1 saturated heterocycles. The summed E-state index contributed by atoms with van der Waals surface area (Å²) >= 11 is 0. The Hall–Kier alpha value is -2.54. The van der Waals surface area contributed by atoms with Crippen LogP contribution in [-0.2, 0) is 17.9 Å². The van der Waals surface area contributed by atoms with Crippen LogP contribution in [0.25, 0.3) is 0 Å². The topological polar surface area (TPSA) is 65.7 Å². The maximum absolute atomic E-state index is 13.3. The molecule has 0 spiro atoms. The molecule has 1 aliphatic carbocycles. The number of nitrogens with zero attached hydrogens (tertiary/aromatic N) is 1. The Morgan fingerprint density at radius 2 is 1.76 bits per heavy atom. The molecule has 6 heteroatoms. The lowest BCUT2D eigenvalue weighted by atomic mass is 9.77. The normalized spacial score (nSPS) is 22.9. The summed E-state index contributed by atoms with van der Waals surface area (Å²) in [5, 5.41) is 0. The van der Waals surface area contributed by atoms with Crippen molar-refractivity contribution < 1.29 is 18.4 Å². The van der Waals surface area contributed by atoms with Crippen molar-refractivity contribution in [2.24, 2.45) is 17.6 Å². The molecule has 206 valence electrons. The van der Waals surface area contributed by atoms with Crippen LogP contribution in [0.5, 0.6) is 0 Å². The van der Waals surface area contributed by atoms with Crippen molar-refractivity contribution in [3.63, 3.8) is 0 Å². The molecule has 4 atom stereocenters. The first-order valence-corrected chi connectivity index (χ1v) is 14.5. The molecule has 38 heavy (non-hydrogen) atoms. The van der Waals surface area contributed by atoms with Gasteiger partial charge in [0.05, 0.1) is 25.3 Å². The van der Waals surface area contributed by atoms with E-state index >= 15 is 0 Å². The van der Waals surface area contributed by atoms with E-state index in [2.05, 4.69) is 43.0 Å². The van der Waals surface area contributed by atoms with Gasteiger partial charge in [0.1, 0.15) is 25.0 Å². The van der Waals surface area contributed by atoms with Gasteiger partial charge in [-0.15, -0.1) is 0 Å². The highest BCUT2D eigenvalue weighted by atomic mass is 19.1. The van der Waals surface area contributed by atoms with E-state index in [1.165, 1.54) is 61.7 Å². The van der Waals surface area contributed by atoms with Gasteiger partial charge in [-0.3, -0.25) is 0 Å². The van der Waals surface area contributed by atoms with Gasteiger partial charge in [-0.1, -0.05) is 75.1 Å². The van der Waals surface area contributed by atoms with Gasteiger partial charge >= 0.3 is 0 Å². The molecule has 0 bridgehead atoms. The van der Waals surface area contributed by atoms with Crippen LogP contribution in [0.2, 0.25) is 0 Å². The molecule has 3 N–H and O–H groups in total. The highest BCUT2D eigenvalue weighted by Crippen LogP contribution is 2.40. The van der Waals surface area contributed by atoms with E-state index in [1.54, 1.807) is 0 Å². The number of nitrogens with two attached hydrogens (primary N) is 1. The Labute approximate surface area is 227 Å². The first-order valence-electron chi connectivity index (χ1n) is 14.5. The Morgan fingerprint density at radius 3 is 2.47 bits per heavy atom. The summed E-state index contributed by atoms with van der Waals surface area (Å²) in [6, 6.07) is 17.4. The van der Waals surface area contributed by atoms with Crippen molar-refractivity contribution in [3.05, 3.63) is 89.4 Å². The highest BCUT2D eigenvalue weighted by Gasteiger charge is 2.34. The summed E-state index contributed by atoms with van der Waals surface area (Å²) in [6.07, 6.45) is 10.9. The number of nitrogens with one attached hydrogen (secondary N) is 1. The maximum atomic E-state index is 13.3. The third-order valence-corrected chi connectivity index (χ3v) is 8.33. The number of hydrogen-bond donors (Lipinski definition) is 2. The molecule has 1 aliphatic heterocycles. The standard InChI is InChI=1S/C31H39FN2O2.CH5N/c1-2-24-17-18-34(21-29(24)35-22-23-13-15-27(32)16-14-23)20-28-19-33-31(36-28)30(25-9-5-3-6-10-25)26-11-7-4-8-12-26;1-2/h3,5-6,9-10,13-16,19,24,26,29-30H,2,4,7-8,11-12,17-18,20-22H2,1H3;2H2,1H3/p+1. The zero-order chi connectivity index (χ0) is 26.7. The van der Waals surface area contributed by atoms with Crippen LogP contribution >= 0.6 is 0 Å².